The van der Waals surface area contributed by atoms with E-state index >= 15 is 0 Å². The van der Waals surface area contributed by atoms with Crippen molar-refractivity contribution in [2.45, 2.75) is 40.0 Å². The molecule has 0 aromatic carbocycles. The summed E-state index contributed by atoms with van der Waals surface area (Å²) in [5, 5.41) is 0. The summed E-state index contributed by atoms with van der Waals surface area (Å²) in [5.74, 6) is 0.964. The Morgan fingerprint density at radius 2 is 2.14 bits per heavy atom. The zero-order chi connectivity index (χ0) is 10.8. The van der Waals surface area contributed by atoms with Crippen molar-refractivity contribution in [2.75, 3.05) is 0 Å². The van der Waals surface area contributed by atoms with Gasteiger partial charge in [0.1, 0.15) is 5.78 Å². The Labute approximate surface area is 85.6 Å². The maximum atomic E-state index is 11.4. The van der Waals surface area contributed by atoms with Gasteiger partial charge in [0.2, 0.25) is 0 Å². The molecule has 0 N–H and O–H groups in total. The molecule has 14 heavy (non-hydrogen) atoms. The van der Waals surface area contributed by atoms with Crippen LogP contribution in [0, 0.1) is 5.41 Å². The fourth-order valence-corrected chi connectivity index (χ4v) is 1.86. The largest absolute Gasteiger partial charge is 0.470 e. The Morgan fingerprint density at radius 1 is 1.50 bits per heavy atom. The van der Waals surface area contributed by atoms with Gasteiger partial charge < -0.3 is 4.74 Å². The van der Waals surface area contributed by atoms with Gasteiger partial charge in [-0.25, -0.2) is 0 Å². The van der Waals surface area contributed by atoms with Crippen LogP contribution in [0.4, 0.5) is 0 Å². The van der Waals surface area contributed by atoms with Crippen molar-refractivity contribution in [2.24, 2.45) is 5.41 Å². The van der Waals surface area contributed by atoms with Crippen molar-refractivity contribution in [3.05, 3.63) is 24.2 Å². The van der Waals surface area contributed by atoms with Crippen molar-refractivity contribution >= 4 is 5.78 Å². The van der Waals surface area contributed by atoms with E-state index in [2.05, 4.69) is 20.4 Å². The van der Waals surface area contributed by atoms with E-state index in [4.69, 9.17) is 4.74 Å². The SMILES string of the molecule is C=C(C)O/C=C1/CC(=O)CC(C)(C)C1. The van der Waals surface area contributed by atoms with E-state index in [1.165, 1.54) is 0 Å². The first-order valence-corrected chi connectivity index (χ1v) is 4.91. The van der Waals surface area contributed by atoms with E-state index in [0.717, 1.165) is 12.0 Å². The molecular formula is C12H18O2. The molecule has 78 valence electrons. The van der Waals surface area contributed by atoms with E-state index in [1.807, 2.05) is 0 Å². The second-order valence-corrected chi connectivity index (χ2v) is 4.83. The summed E-state index contributed by atoms with van der Waals surface area (Å²) in [5.41, 5.74) is 1.16. The highest BCUT2D eigenvalue weighted by atomic mass is 16.5. The number of hydrogen-bond donors (Lipinski definition) is 0. The average Bonchev–Trinajstić information content (AvgIpc) is 1.96. The van der Waals surface area contributed by atoms with Crippen molar-refractivity contribution in [1.29, 1.82) is 0 Å². The third-order valence-electron chi connectivity index (χ3n) is 2.23. The fraction of sp³-hybridized carbons (Fsp3) is 0.583. The first kappa shape index (κ1) is 11.0. The van der Waals surface area contributed by atoms with Gasteiger partial charge in [-0.05, 0) is 24.3 Å². The first-order chi connectivity index (χ1) is 6.39. The van der Waals surface area contributed by atoms with Crippen LogP contribution in [0.3, 0.4) is 0 Å². The molecule has 0 heterocycles. The lowest BCUT2D eigenvalue weighted by Gasteiger charge is -2.29. The number of Topliss-reactive ketones (excluding diaryl/α,β-unsaturated/α-hetero) is 1. The number of rotatable bonds is 2. The van der Waals surface area contributed by atoms with Crippen LogP contribution < -0.4 is 0 Å². The number of allylic oxidation sites excluding steroid dienone is 2. The molecule has 0 atom stereocenters. The lowest BCUT2D eigenvalue weighted by atomic mass is 9.75. The summed E-state index contributed by atoms with van der Waals surface area (Å²) in [7, 11) is 0. The van der Waals surface area contributed by atoms with E-state index in [0.29, 0.717) is 24.4 Å². The zero-order valence-electron chi connectivity index (χ0n) is 9.22. The molecule has 2 heteroatoms. The highest BCUT2D eigenvalue weighted by Crippen LogP contribution is 2.36. The van der Waals surface area contributed by atoms with Crippen LogP contribution in [0.5, 0.6) is 0 Å². The maximum absolute atomic E-state index is 11.4. The molecule has 1 fully saturated rings. The molecule has 1 saturated carbocycles. The second kappa shape index (κ2) is 3.99. The molecule has 0 radical (unpaired) electrons. The molecule has 0 aliphatic heterocycles. The second-order valence-electron chi connectivity index (χ2n) is 4.83. The quantitative estimate of drug-likeness (QED) is 0.631. The van der Waals surface area contributed by atoms with Gasteiger partial charge in [-0.3, -0.25) is 4.79 Å². The third-order valence-corrected chi connectivity index (χ3v) is 2.23. The van der Waals surface area contributed by atoms with Crippen molar-refractivity contribution < 1.29 is 9.53 Å². The smallest absolute Gasteiger partial charge is 0.137 e. The van der Waals surface area contributed by atoms with Gasteiger partial charge in [-0.15, -0.1) is 0 Å². The Balaban J connectivity index is 2.66. The van der Waals surface area contributed by atoms with Gasteiger partial charge >= 0.3 is 0 Å². The predicted octanol–water partition coefficient (Wildman–Crippen LogP) is 3.20. The van der Waals surface area contributed by atoms with Crippen LogP contribution >= 0.6 is 0 Å². The number of carbonyl (C=O) groups is 1. The summed E-state index contributed by atoms with van der Waals surface area (Å²) in [6.45, 7) is 9.66. The van der Waals surface area contributed by atoms with Crippen LogP contribution in [-0.4, -0.2) is 5.78 Å². The Bertz CT molecular complexity index is 285. The molecule has 1 rings (SSSR count). The van der Waals surface area contributed by atoms with Gasteiger partial charge in [0.25, 0.3) is 0 Å². The Kier molecular flexibility index (Phi) is 3.14. The first-order valence-electron chi connectivity index (χ1n) is 4.91. The molecule has 0 aromatic heterocycles. The molecule has 1 aliphatic rings. The number of ether oxygens (including phenoxy) is 1. The molecule has 0 spiro atoms. The van der Waals surface area contributed by atoms with Crippen LogP contribution in [0.1, 0.15) is 40.0 Å². The highest BCUT2D eigenvalue weighted by molar-refractivity contribution is 5.82. The molecule has 0 unspecified atom stereocenters. The summed E-state index contributed by atoms with van der Waals surface area (Å²) in [6.07, 6.45) is 3.83. The van der Waals surface area contributed by atoms with Crippen LogP contribution in [-0.2, 0) is 9.53 Å². The van der Waals surface area contributed by atoms with Crippen LogP contribution in [0.25, 0.3) is 0 Å². The Morgan fingerprint density at radius 3 is 2.64 bits per heavy atom. The number of ketones is 1. The normalized spacial score (nSPS) is 23.6. The van der Waals surface area contributed by atoms with Crippen molar-refractivity contribution in [3.63, 3.8) is 0 Å². The van der Waals surface area contributed by atoms with Gasteiger partial charge in [0, 0.05) is 12.8 Å². The summed E-state index contributed by atoms with van der Waals surface area (Å²) in [4.78, 5) is 11.4. The Hall–Kier alpha value is -1.05. The van der Waals surface area contributed by atoms with Crippen molar-refractivity contribution in [3.8, 4) is 0 Å². The number of hydrogen-bond acceptors (Lipinski definition) is 2. The minimum Gasteiger partial charge on any atom is -0.470 e. The van der Waals surface area contributed by atoms with Gasteiger partial charge in [-0.1, -0.05) is 20.4 Å². The van der Waals surface area contributed by atoms with E-state index < -0.39 is 0 Å². The van der Waals surface area contributed by atoms with Gasteiger partial charge in [0.15, 0.2) is 0 Å². The van der Waals surface area contributed by atoms with Crippen LogP contribution in [0.15, 0.2) is 24.2 Å². The molecule has 2 nitrogen and oxygen atoms in total. The molecule has 0 bridgehead atoms. The van der Waals surface area contributed by atoms with E-state index in [9.17, 15) is 4.79 Å². The molecule has 0 amide bonds. The van der Waals surface area contributed by atoms with Crippen molar-refractivity contribution in [1.82, 2.24) is 0 Å². The lowest BCUT2D eigenvalue weighted by Crippen LogP contribution is -2.24. The summed E-state index contributed by atoms with van der Waals surface area (Å²) >= 11 is 0. The standard InChI is InChI=1S/C12H18O2/c1-9(2)14-8-10-5-11(13)7-12(3,4)6-10/h8H,1,5-7H2,2-4H3/b10-8-. The zero-order valence-corrected chi connectivity index (χ0v) is 9.22. The van der Waals surface area contributed by atoms with Crippen LogP contribution in [0.2, 0.25) is 0 Å². The topological polar surface area (TPSA) is 26.3 Å². The molecule has 0 aromatic rings. The van der Waals surface area contributed by atoms with E-state index in [1.54, 1.807) is 13.2 Å². The highest BCUT2D eigenvalue weighted by Gasteiger charge is 2.29. The monoisotopic (exact) mass is 194 g/mol. The third kappa shape index (κ3) is 3.36. The summed E-state index contributed by atoms with van der Waals surface area (Å²) in [6, 6.07) is 0. The summed E-state index contributed by atoms with van der Waals surface area (Å²) < 4.78 is 5.21. The fourth-order valence-electron chi connectivity index (χ4n) is 1.86. The molecule has 0 saturated heterocycles. The molecular weight excluding hydrogens is 176 g/mol. The maximum Gasteiger partial charge on any atom is 0.137 e. The minimum absolute atomic E-state index is 0.0829. The number of carbonyl (C=O) groups excluding carboxylic acids is 1. The lowest BCUT2D eigenvalue weighted by molar-refractivity contribution is -0.121. The van der Waals surface area contributed by atoms with E-state index in [-0.39, 0.29) is 5.41 Å². The average molecular weight is 194 g/mol. The van der Waals surface area contributed by atoms with Gasteiger partial charge in [0.05, 0.1) is 12.0 Å². The minimum atomic E-state index is 0.0829. The predicted molar refractivity (Wildman–Crippen MR) is 56.6 cm³/mol. The molecule has 1 aliphatic carbocycles. The van der Waals surface area contributed by atoms with Gasteiger partial charge in [-0.2, -0.15) is 0 Å².